The van der Waals surface area contributed by atoms with E-state index >= 15 is 0 Å². The van der Waals surface area contributed by atoms with Crippen LogP contribution in [-0.2, 0) is 0 Å². The van der Waals surface area contributed by atoms with Crippen LogP contribution in [0.25, 0.3) is 0 Å². The van der Waals surface area contributed by atoms with Crippen LogP contribution in [-0.4, -0.2) is 135 Å². The molecule has 0 saturated heterocycles. The molecule has 0 spiro atoms. The van der Waals surface area contributed by atoms with E-state index in [9.17, 15) is 46.0 Å². The van der Waals surface area contributed by atoms with Crippen molar-refractivity contribution >= 4 is 0 Å². The molecule has 0 aromatic carbocycles. The van der Waals surface area contributed by atoms with Crippen LogP contribution in [0.2, 0.25) is 0 Å². The number of rotatable bonds is 11. The summed E-state index contributed by atoms with van der Waals surface area (Å²) in [6.45, 7) is 0.0978. The van der Waals surface area contributed by atoms with Gasteiger partial charge in [-0.05, 0) is 6.92 Å². The van der Waals surface area contributed by atoms with Crippen molar-refractivity contribution in [2.45, 2.75) is 74.1 Å². The molecule has 0 fully saturated rings. The first-order valence-electron chi connectivity index (χ1n) is 7.48. The maximum atomic E-state index is 9.74. The summed E-state index contributed by atoms with van der Waals surface area (Å²) in [6, 6.07) is 0. The lowest BCUT2D eigenvalue weighted by Gasteiger charge is -2.35. The highest BCUT2D eigenvalue weighted by atomic mass is 16.4. The molecule has 0 aliphatic heterocycles. The highest BCUT2D eigenvalue weighted by Gasteiger charge is 2.43. The van der Waals surface area contributed by atoms with Gasteiger partial charge in [0.05, 0.1) is 12.7 Å². The van der Waals surface area contributed by atoms with Crippen molar-refractivity contribution in [1.29, 1.82) is 0 Å². The Hall–Kier alpha value is -0.480. The Bertz CT molecular complexity index is 369. The molecule has 152 valence electrons. The molecule has 12 heteroatoms. The second-order valence-electron chi connectivity index (χ2n) is 5.91. The average Bonchev–Trinajstić information content (AvgIpc) is 2.61. The summed E-state index contributed by atoms with van der Waals surface area (Å²) in [6.07, 6.45) is -23.4. The molecule has 0 heterocycles. The summed E-state index contributed by atoms with van der Waals surface area (Å²) in [5, 5.41) is 113. The molecule has 0 aromatic heterocycles. The summed E-state index contributed by atoms with van der Waals surface area (Å²) in [7, 11) is 0. The van der Waals surface area contributed by atoms with Crippen molar-refractivity contribution in [3.8, 4) is 0 Å². The quantitative estimate of drug-likeness (QED) is 0.161. The first kappa shape index (κ1) is 24.5. The fourth-order valence-corrected chi connectivity index (χ4v) is 2.04. The highest BCUT2D eigenvalue weighted by Crippen LogP contribution is 2.17. The Morgan fingerprint density at radius 3 is 0.920 bits per heavy atom. The summed E-state index contributed by atoms with van der Waals surface area (Å²) in [5.41, 5.74) is 0. The molecule has 0 aliphatic carbocycles. The number of aliphatic hydroxyl groups excluding tert-OH is 12. The van der Waals surface area contributed by atoms with Gasteiger partial charge in [0, 0.05) is 0 Å². The predicted octanol–water partition coefficient (Wildman–Crippen LogP) is -7.03. The first-order valence-corrected chi connectivity index (χ1v) is 7.48. The lowest BCUT2D eigenvalue weighted by Crippen LogP contribution is -2.59. The second kappa shape index (κ2) is 10.6. The van der Waals surface area contributed by atoms with E-state index in [1.54, 1.807) is 0 Å². The number of aliphatic hydroxyl groups is 12. The van der Waals surface area contributed by atoms with E-state index in [0.29, 0.717) is 0 Å². The first-order chi connectivity index (χ1) is 11.4. The zero-order valence-corrected chi connectivity index (χ0v) is 13.4. The van der Waals surface area contributed by atoms with Gasteiger partial charge in [0.25, 0.3) is 0 Å². The van der Waals surface area contributed by atoms with Crippen LogP contribution in [0.5, 0.6) is 0 Å². The van der Waals surface area contributed by atoms with Crippen molar-refractivity contribution < 1.29 is 61.3 Å². The molecule has 11 unspecified atom stereocenters. The number of hydrogen-bond acceptors (Lipinski definition) is 12. The SMILES string of the molecule is CC(O)C(O)C(O)C(O)C(O)C(O)C(O)C(O)C(O)C(O)C(O)CO. The summed E-state index contributed by atoms with van der Waals surface area (Å²) < 4.78 is 0. The Labute approximate surface area is 143 Å². The minimum atomic E-state index is -2.37. The fraction of sp³-hybridized carbons (Fsp3) is 1.00. The van der Waals surface area contributed by atoms with Gasteiger partial charge in [-0.25, -0.2) is 0 Å². The van der Waals surface area contributed by atoms with Gasteiger partial charge >= 0.3 is 0 Å². The highest BCUT2D eigenvalue weighted by molar-refractivity contribution is 4.94. The molecule has 25 heavy (non-hydrogen) atoms. The third-order valence-electron chi connectivity index (χ3n) is 3.87. The normalized spacial score (nSPS) is 25.8. The Morgan fingerprint density at radius 2 is 0.680 bits per heavy atom. The van der Waals surface area contributed by atoms with E-state index in [4.69, 9.17) is 15.3 Å². The standard InChI is InChI=1S/C13H28O12/c1-3(15)5(17)7(19)9(21)11(23)13(25)12(24)10(22)8(20)6(18)4(16)2-14/h3-25H,2H2,1H3. The molecule has 0 radical (unpaired) electrons. The molecule has 0 rings (SSSR count). The third kappa shape index (κ3) is 6.32. The molecular weight excluding hydrogens is 348 g/mol. The minimum Gasteiger partial charge on any atom is -0.394 e. The summed E-state index contributed by atoms with van der Waals surface area (Å²) >= 11 is 0. The maximum absolute atomic E-state index is 9.74. The zero-order chi connectivity index (χ0) is 20.1. The third-order valence-corrected chi connectivity index (χ3v) is 3.87. The van der Waals surface area contributed by atoms with Crippen LogP contribution in [0, 0.1) is 0 Å². The van der Waals surface area contributed by atoms with E-state index in [0.717, 1.165) is 6.92 Å². The Kier molecular flexibility index (Phi) is 10.4. The molecular formula is C13H28O12. The largest absolute Gasteiger partial charge is 0.394 e. The van der Waals surface area contributed by atoms with Gasteiger partial charge in [-0.1, -0.05) is 0 Å². The smallest absolute Gasteiger partial charge is 0.111 e. The maximum Gasteiger partial charge on any atom is 0.111 e. The summed E-state index contributed by atoms with van der Waals surface area (Å²) in [5.74, 6) is 0. The van der Waals surface area contributed by atoms with E-state index < -0.39 is 73.8 Å². The van der Waals surface area contributed by atoms with E-state index in [1.807, 2.05) is 0 Å². The Balaban J connectivity index is 4.98. The van der Waals surface area contributed by atoms with Crippen LogP contribution >= 0.6 is 0 Å². The van der Waals surface area contributed by atoms with Crippen molar-refractivity contribution in [2.24, 2.45) is 0 Å². The van der Waals surface area contributed by atoms with Crippen LogP contribution in [0.1, 0.15) is 6.92 Å². The number of hydrogen-bond donors (Lipinski definition) is 12. The summed E-state index contributed by atoms with van der Waals surface area (Å²) in [4.78, 5) is 0. The molecule has 12 N–H and O–H groups in total. The van der Waals surface area contributed by atoms with Crippen molar-refractivity contribution in [2.75, 3.05) is 6.61 Å². The lowest BCUT2D eigenvalue weighted by molar-refractivity contribution is -0.195. The molecule has 11 atom stereocenters. The van der Waals surface area contributed by atoms with Crippen molar-refractivity contribution in [3.63, 3.8) is 0 Å². The van der Waals surface area contributed by atoms with Gasteiger partial charge in [0.2, 0.25) is 0 Å². The van der Waals surface area contributed by atoms with Crippen LogP contribution in [0.15, 0.2) is 0 Å². The molecule has 0 saturated carbocycles. The predicted molar refractivity (Wildman–Crippen MR) is 78.8 cm³/mol. The zero-order valence-electron chi connectivity index (χ0n) is 13.4. The molecule has 12 nitrogen and oxygen atoms in total. The second-order valence-corrected chi connectivity index (χ2v) is 5.91. The topological polar surface area (TPSA) is 243 Å². The van der Waals surface area contributed by atoms with Gasteiger partial charge in [0.15, 0.2) is 0 Å². The van der Waals surface area contributed by atoms with Crippen molar-refractivity contribution in [1.82, 2.24) is 0 Å². The molecule has 0 amide bonds. The van der Waals surface area contributed by atoms with Gasteiger partial charge in [-0.2, -0.15) is 0 Å². The average molecular weight is 376 g/mol. The molecule has 0 aliphatic rings. The van der Waals surface area contributed by atoms with Gasteiger partial charge in [0.1, 0.15) is 61.0 Å². The minimum absolute atomic E-state index is 0.978. The van der Waals surface area contributed by atoms with Crippen LogP contribution < -0.4 is 0 Å². The Morgan fingerprint density at radius 1 is 0.440 bits per heavy atom. The van der Waals surface area contributed by atoms with E-state index in [2.05, 4.69) is 0 Å². The van der Waals surface area contributed by atoms with Crippen LogP contribution in [0.4, 0.5) is 0 Å². The van der Waals surface area contributed by atoms with E-state index in [-0.39, 0.29) is 0 Å². The van der Waals surface area contributed by atoms with Gasteiger partial charge in [-0.3, -0.25) is 0 Å². The molecule has 0 aromatic rings. The van der Waals surface area contributed by atoms with Gasteiger partial charge in [-0.15, -0.1) is 0 Å². The molecule has 0 bridgehead atoms. The fourth-order valence-electron chi connectivity index (χ4n) is 2.04. The van der Waals surface area contributed by atoms with E-state index in [1.165, 1.54) is 0 Å². The van der Waals surface area contributed by atoms with Crippen LogP contribution in [0.3, 0.4) is 0 Å². The monoisotopic (exact) mass is 376 g/mol. The van der Waals surface area contributed by atoms with Gasteiger partial charge < -0.3 is 61.3 Å². The van der Waals surface area contributed by atoms with Crippen molar-refractivity contribution in [3.05, 3.63) is 0 Å². The lowest BCUT2D eigenvalue weighted by atomic mass is 9.90.